The Morgan fingerprint density at radius 2 is 1.71 bits per heavy atom. The predicted octanol–water partition coefficient (Wildman–Crippen LogP) is 2.37. The van der Waals surface area contributed by atoms with Crippen LogP contribution in [0.4, 0.5) is 5.69 Å². The van der Waals surface area contributed by atoms with Crippen LogP contribution in [-0.2, 0) is 0 Å². The molecule has 2 rings (SSSR count). The third-order valence-electron chi connectivity index (χ3n) is 2.54. The van der Waals surface area contributed by atoms with Crippen LogP contribution in [0, 0.1) is 10.1 Å². The van der Waals surface area contributed by atoms with Gasteiger partial charge in [0, 0.05) is 17.2 Å². The maximum absolute atomic E-state index is 11.0. The SMILES string of the molecule is O=Cc1cc([N+](=O)[O-])c2ccccc2c1C=O. The van der Waals surface area contributed by atoms with Gasteiger partial charge in [-0.2, -0.15) is 0 Å². The molecule has 0 fully saturated rings. The highest BCUT2D eigenvalue weighted by atomic mass is 16.6. The average Bonchev–Trinajstić information content (AvgIpc) is 2.36. The van der Waals surface area contributed by atoms with Crippen LogP contribution in [0.5, 0.6) is 0 Å². The lowest BCUT2D eigenvalue weighted by molar-refractivity contribution is -0.383. The molecule has 0 saturated heterocycles. The van der Waals surface area contributed by atoms with Crippen LogP contribution in [0.15, 0.2) is 30.3 Å². The molecule has 0 aromatic heterocycles. The number of aldehydes is 2. The van der Waals surface area contributed by atoms with E-state index in [2.05, 4.69) is 0 Å². The van der Waals surface area contributed by atoms with Gasteiger partial charge < -0.3 is 0 Å². The zero-order valence-corrected chi connectivity index (χ0v) is 8.62. The molecular formula is C12H7NO4. The Balaban J connectivity index is 2.99. The fourth-order valence-corrected chi connectivity index (χ4v) is 1.78. The number of hydrogen-bond acceptors (Lipinski definition) is 4. The van der Waals surface area contributed by atoms with Gasteiger partial charge in [-0.1, -0.05) is 18.2 Å². The molecule has 0 radical (unpaired) electrons. The maximum Gasteiger partial charge on any atom is 0.277 e. The summed E-state index contributed by atoms with van der Waals surface area (Å²) >= 11 is 0. The van der Waals surface area contributed by atoms with Crippen LogP contribution in [0.1, 0.15) is 20.7 Å². The number of benzene rings is 2. The molecule has 17 heavy (non-hydrogen) atoms. The van der Waals surface area contributed by atoms with Crippen molar-refractivity contribution in [2.75, 3.05) is 0 Å². The Hall–Kier alpha value is -2.56. The van der Waals surface area contributed by atoms with Crippen molar-refractivity contribution in [1.82, 2.24) is 0 Å². The van der Waals surface area contributed by atoms with Gasteiger partial charge in [0.2, 0.25) is 0 Å². The first kappa shape index (κ1) is 10.9. The lowest BCUT2D eigenvalue weighted by Crippen LogP contribution is -1.97. The smallest absolute Gasteiger partial charge is 0.277 e. The molecule has 84 valence electrons. The number of fused-ring (bicyclic) bond motifs is 1. The largest absolute Gasteiger partial charge is 0.298 e. The monoisotopic (exact) mass is 229 g/mol. The topological polar surface area (TPSA) is 77.3 Å². The number of nitro groups is 1. The molecule has 0 aliphatic heterocycles. The van der Waals surface area contributed by atoms with Gasteiger partial charge in [-0.25, -0.2) is 0 Å². The molecule has 2 aromatic carbocycles. The van der Waals surface area contributed by atoms with Crippen LogP contribution in [0.3, 0.4) is 0 Å². The minimum Gasteiger partial charge on any atom is -0.298 e. The van der Waals surface area contributed by atoms with Gasteiger partial charge in [0.25, 0.3) is 5.69 Å². The summed E-state index contributed by atoms with van der Waals surface area (Å²) in [7, 11) is 0. The van der Waals surface area contributed by atoms with Crippen LogP contribution in [0.2, 0.25) is 0 Å². The molecule has 0 aliphatic carbocycles. The molecular weight excluding hydrogens is 222 g/mol. The normalized spacial score (nSPS) is 10.1. The zero-order chi connectivity index (χ0) is 12.4. The Kier molecular flexibility index (Phi) is 2.66. The lowest BCUT2D eigenvalue weighted by atomic mass is 9.99. The highest BCUT2D eigenvalue weighted by Gasteiger charge is 2.17. The van der Waals surface area contributed by atoms with E-state index in [9.17, 15) is 19.7 Å². The van der Waals surface area contributed by atoms with E-state index < -0.39 is 4.92 Å². The third kappa shape index (κ3) is 1.67. The lowest BCUT2D eigenvalue weighted by Gasteiger charge is -2.04. The van der Waals surface area contributed by atoms with Crippen molar-refractivity contribution >= 4 is 29.0 Å². The Morgan fingerprint density at radius 3 is 2.24 bits per heavy atom. The molecule has 5 nitrogen and oxygen atoms in total. The minimum atomic E-state index is -0.566. The second-order valence-corrected chi connectivity index (χ2v) is 3.44. The Bertz CT molecular complexity index is 634. The van der Waals surface area contributed by atoms with Crippen LogP contribution in [-0.4, -0.2) is 17.5 Å². The maximum atomic E-state index is 11.0. The summed E-state index contributed by atoms with van der Waals surface area (Å²) in [6.07, 6.45) is 0.985. The Morgan fingerprint density at radius 1 is 1.06 bits per heavy atom. The van der Waals surface area contributed by atoms with Crippen LogP contribution >= 0.6 is 0 Å². The van der Waals surface area contributed by atoms with Crippen molar-refractivity contribution in [2.45, 2.75) is 0 Å². The number of nitro benzene ring substituents is 1. The molecule has 0 unspecified atom stereocenters. The molecule has 0 bridgehead atoms. The number of hydrogen-bond donors (Lipinski definition) is 0. The number of non-ortho nitro benzene ring substituents is 1. The van der Waals surface area contributed by atoms with Gasteiger partial charge in [-0.05, 0) is 11.5 Å². The summed E-state index contributed by atoms with van der Waals surface area (Å²) in [4.78, 5) is 32.1. The zero-order valence-electron chi connectivity index (χ0n) is 8.62. The number of rotatable bonds is 3. The van der Waals surface area contributed by atoms with E-state index in [0.29, 0.717) is 23.3 Å². The second-order valence-electron chi connectivity index (χ2n) is 3.44. The second kappa shape index (κ2) is 4.13. The standard InChI is InChI=1S/C12H7NO4/c14-6-8-5-12(13(16)17)10-4-2-1-3-9(10)11(8)7-15/h1-7H. The van der Waals surface area contributed by atoms with E-state index in [4.69, 9.17) is 0 Å². The highest BCUT2D eigenvalue weighted by Crippen LogP contribution is 2.29. The van der Waals surface area contributed by atoms with Gasteiger partial charge in [-0.3, -0.25) is 19.7 Å². The molecule has 0 amide bonds. The first-order valence-corrected chi connectivity index (χ1v) is 4.79. The van der Waals surface area contributed by atoms with Crippen molar-refractivity contribution in [1.29, 1.82) is 0 Å². The van der Waals surface area contributed by atoms with Crippen molar-refractivity contribution in [3.05, 3.63) is 51.6 Å². The van der Waals surface area contributed by atoms with E-state index in [1.807, 2.05) is 0 Å². The van der Waals surface area contributed by atoms with Crippen LogP contribution < -0.4 is 0 Å². The fourth-order valence-electron chi connectivity index (χ4n) is 1.78. The summed E-state index contributed by atoms with van der Waals surface area (Å²) in [5, 5.41) is 11.7. The molecule has 0 N–H and O–H groups in total. The molecule has 0 aliphatic rings. The van der Waals surface area contributed by atoms with E-state index in [1.165, 1.54) is 0 Å². The molecule has 2 aromatic rings. The number of carbonyl (C=O) groups is 2. The fraction of sp³-hybridized carbons (Fsp3) is 0. The Labute approximate surface area is 95.8 Å². The molecule has 0 atom stereocenters. The van der Waals surface area contributed by atoms with Crippen molar-refractivity contribution in [2.24, 2.45) is 0 Å². The van der Waals surface area contributed by atoms with E-state index in [0.717, 1.165) is 6.07 Å². The summed E-state index contributed by atoms with van der Waals surface area (Å²) in [5.41, 5.74) is 0.0416. The molecule has 0 heterocycles. The van der Waals surface area contributed by atoms with Crippen molar-refractivity contribution in [3.8, 4) is 0 Å². The van der Waals surface area contributed by atoms with E-state index in [1.54, 1.807) is 24.3 Å². The van der Waals surface area contributed by atoms with E-state index >= 15 is 0 Å². The number of carbonyl (C=O) groups excluding carboxylic acids is 2. The highest BCUT2D eigenvalue weighted by molar-refractivity contribution is 6.08. The first-order chi connectivity index (χ1) is 8.19. The van der Waals surface area contributed by atoms with Gasteiger partial charge in [0.05, 0.1) is 10.3 Å². The van der Waals surface area contributed by atoms with Crippen molar-refractivity contribution < 1.29 is 14.5 Å². The number of nitrogens with zero attached hydrogens (tertiary/aromatic N) is 1. The van der Waals surface area contributed by atoms with Gasteiger partial charge in [0.1, 0.15) is 0 Å². The summed E-state index contributed by atoms with van der Waals surface area (Å²) in [6.45, 7) is 0. The predicted molar refractivity (Wildman–Crippen MR) is 61.4 cm³/mol. The van der Waals surface area contributed by atoms with Gasteiger partial charge in [0.15, 0.2) is 12.6 Å². The van der Waals surface area contributed by atoms with Crippen LogP contribution in [0.25, 0.3) is 10.8 Å². The quantitative estimate of drug-likeness (QED) is 0.460. The summed E-state index contributed by atoms with van der Waals surface area (Å²) < 4.78 is 0. The first-order valence-electron chi connectivity index (χ1n) is 4.79. The summed E-state index contributed by atoms with van der Waals surface area (Å²) in [6, 6.07) is 7.56. The van der Waals surface area contributed by atoms with Crippen molar-refractivity contribution in [3.63, 3.8) is 0 Å². The van der Waals surface area contributed by atoms with Gasteiger partial charge in [-0.15, -0.1) is 0 Å². The molecule has 0 saturated carbocycles. The molecule has 0 spiro atoms. The summed E-state index contributed by atoms with van der Waals surface area (Å²) in [5.74, 6) is 0. The van der Waals surface area contributed by atoms with E-state index in [-0.39, 0.29) is 16.8 Å². The third-order valence-corrected chi connectivity index (χ3v) is 2.54. The minimum absolute atomic E-state index is 0.0328. The molecule has 5 heteroatoms. The van der Waals surface area contributed by atoms with Gasteiger partial charge >= 0.3 is 0 Å². The average molecular weight is 229 g/mol.